The van der Waals surface area contributed by atoms with Gasteiger partial charge in [0.05, 0.1) is 23.9 Å². The minimum atomic E-state index is -0.249. The number of benzene rings is 2. The SMILES string of the molecule is COc1ccc(-c2nc3ccccc3c(C(=O)Nn3cnnc3)c2C)cc1. The molecule has 27 heavy (non-hydrogen) atoms. The molecule has 2 aromatic carbocycles. The molecule has 0 saturated carbocycles. The minimum absolute atomic E-state index is 0.249. The minimum Gasteiger partial charge on any atom is -0.497 e. The number of rotatable bonds is 4. The Morgan fingerprint density at radius 2 is 1.74 bits per heavy atom. The van der Waals surface area contributed by atoms with Crippen molar-refractivity contribution in [1.29, 1.82) is 0 Å². The maximum atomic E-state index is 13.0. The van der Waals surface area contributed by atoms with Crippen LogP contribution in [0.25, 0.3) is 22.2 Å². The van der Waals surface area contributed by atoms with Crippen LogP contribution in [0, 0.1) is 6.92 Å². The largest absolute Gasteiger partial charge is 0.497 e. The third kappa shape index (κ3) is 3.10. The van der Waals surface area contributed by atoms with E-state index in [0.717, 1.165) is 33.5 Å². The Morgan fingerprint density at radius 1 is 1.04 bits per heavy atom. The summed E-state index contributed by atoms with van der Waals surface area (Å²) in [5.74, 6) is 0.517. The highest BCUT2D eigenvalue weighted by atomic mass is 16.5. The van der Waals surface area contributed by atoms with Gasteiger partial charge in [0, 0.05) is 10.9 Å². The fourth-order valence-electron chi connectivity index (χ4n) is 3.06. The summed E-state index contributed by atoms with van der Waals surface area (Å²) >= 11 is 0. The first-order chi connectivity index (χ1) is 13.2. The van der Waals surface area contributed by atoms with Crippen molar-refractivity contribution >= 4 is 16.8 Å². The number of aromatic nitrogens is 4. The molecular formula is C20H17N5O2. The lowest BCUT2D eigenvalue weighted by Crippen LogP contribution is -2.23. The van der Waals surface area contributed by atoms with Crippen LogP contribution >= 0.6 is 0 Å². The lowest BCUT2D eigenvalue weighted by molar-refractivity contribution is 0.101. The van der Waals surface area contributed by atoms with Gasteiger partial charge >= 0.3 is 0 Å². The van der Waals surface area contributed by atoms with E-state index in [1.54, 1.807) is 7.11 Å². The van der Waals surface area contributed by atoms with Gasteiger partial charge in [0.15, 0.2) is 0 Å². The van der Waals surface area contributed by atoms with E-state index in [9.17, 15) is 4.79 Å². The van der Waals surface area contributed by atoms with E-state index in [1.165, 1.54) is 17.3 Å². The summed E-state index contributed by atoms with van der Waals surface area (Å²) in [4.78, 5) is 17.8. The maximum Gasteiger partial charge on any atom is 0.271 e. The topological polar surface area (TPSA) is 81.9 Å². The molecule has 0 saturated heterocycles. The van der Waals surface area contributed by atoms with Crippen LogP contribution in [0.5, 0.6) is 5.75 Å². The third-order valence-electron chi connectivity index (χ3n) is 4.38. The summed E-state index contributed by atoms with van der Waals surface area (Å²) in [5, 5.41) is 8.21. The fraction of sp³-hybridized carbons (Fsp3) is 0.100. The molecule has 4 aromatic rings. The van der Waals surface area contributed by atoms with Crippen LogP contribution in [-0.4, -0.2) is 32.9 Å². The molecule has 0 spiro atoms. The quantitative estimate of drug-likeness (QED) is 0.605. The molecule has 1 amide bonds. The van der Waals surface area contributed by atoms with Gasteiger partial charge in [-0.3, -0.25) is 10.2 Å². The second-order valence-electron chi connectivity index (χ2n) is 6.02. The van der Waals surface area contributed by atoms with E-state index in [1.807, 2.05) is 55.5 Å². The zero-order valence-electron chi connectivity index (χ0n) is 14.9. The van der Waals surface area contributed by atoms with Gasteiger partial charge in [-0.15, -0.1) is 10.2 Å². The van der Waals surface area contributed by atoms with Crippen molar-refractivity contribution in [2.45, 2.75) is 6.92 Å². The Bertz CT molecular complexity index is 1110. The Labute approximate surface area is 155 Å². The predicted octanol–water partition coefficient (Wildman–Crippen LogP) is 3.19. The highest BCUT2D eigenvalue weighted by Crippen LogP contribution is 2.30. The van der Waals surface area contributed by atoms with Gasteiger partial charge < -0.3 is 4.74 Å². The highest BCUT2D eigenvalue weighted by Gasteiger charge is 2.19. The number of hydrogen-bond acceptors (Lipinski definition) is 5. The van der Waals surface area contributed by atoms with Gasteiger partial charge in [0.1, 0.15) is 18.4 Å². The smallest absolute Gasteiger partial charge is 0.271 e. The fourth-order valence-corrected chi connectivity index (χ4v) is 3.06. The highest BCUT2D eigenvalue weighted by molar-refractivity contribution is 6.12. The van der Waals surface area contributed by atoms with Gasteiger partial charge in [-0.2, -0.15) is 0 Å². The molecule has 2 heterocycles. The number of fused-ring (bicyclic) bond motifs is 1. The summed E-state index contributed by atoms with van der Waals surface area (Å²) in [6.45, 7) is 1.90. The summed E-state index contributed by atoms with van der Waals surface area (Å²) in [6, 6.07) is 15.2. The maximum absolute atomic E-state index is 13.0. The Morgan fingerprint density at radius 3 is 2.44 bits per heavy atom. The number of nitrogens with one attached hydrogen (secondary N) is 1. The van der Waals surface area contributed by atoms with Gasteiger partial charge in [0.25, 0.3) is 5.91 Å². The molecule has 0 fully saturated rings. The van der Waals surface area contributed by atoms with Crippen LogP contribution in [-0.2, 0) is 0 Å². The monoisotopic (exact) mass is 359 g/mol. The molecule has 1 N–H and O–H groups in total. The first-order valence-electron chi connectivity index (χ1n) is 8.37. The van der Waals surface area contributed by atoms with Crippen LogP contribution in [0.4, 0.5) is 0 Å². The third-order valence-corrected chi connectivity index (χ3v) is 4.38. The van der Waals surface area contributed by atoms with E-state index in [4.69, 9.17) is 9.72 Å². The van der Waals surface area contributed by atoms with Crippen LogP contribution in [0.3, 0.4) is 0 Å². The van der Waals surface area contributed by atoms with Crippen LogP contribution < -0.4 is 10.2 Å². The lowest BCUT2D eigenvalue weighted by Gasteiger charge is -2.15. The zero-order chi connectivity index (χ0) is 18.8. The summed E-state index contributed by atoms with van der Waals surface area (Å²) in [5.41, 5.74) is 6.56. The summed E-state index contributed by atoms with van der Waals surface area (Å²) in [7, 11) is 1.63. The lowest BCUT2D eigenvalue weighted by atomic mass is 9.97. The molecule has 0 aliphatic rings. The van der Waals surface area contributed by atoms with Crippen LogP contribution in [0.2, 0.25) is 0 Å². The first kappa shape index (κ1) is 16.7. The van der Waals surface area contributed by atoms with Crippen LogP contribution in [0.15, 0.2) is 61.2 Å². The summed E-state index contributed by atoms with van der Waals surface area (Å²) < 4.78 is 6.65. The number of carbonyl (C=O) groups excluding carboxylic acids is 1. The van der Waals surface area contributed by atoms with Gasteiger partial charge in [-0.1, -0.05) is 18.2 Å². The normalized spacial score (nSPS) is 10.7. The molecule has 7 nitrogen and oxygen atoms in total. The molecule has 0 aliphatic heterocycles. The molecule has 0 radical (unpaired) electrons. The van der Waals surface area contributed by atoms with Crippen molar-refractivity contribution in [3.05, 3.63) is 72.3 Å². The number of para-hydroxylation sites is 1. The molecule has 7 heteroatoms. The van der Waals surface area contributed by atoms with Crippen molar-refractivity contribution in [3.8, 4) is 17.0 Å². The number of amides is 1. The molecule has 0 atom stereocenters. The predicted molar refractivity (Wildman–Crippen MR) is 102 cm³/mol. The molecule has 0 bridgehead atoms. The van der Waals surface area contributed by atoms with E-state index in [0.29, 0.717) is 5.56 Å². The molecule has 134 valence electrons. The van der Waals surface area contributed by atoms with Crippen molar-refractivity contribution in [2.75, 3.05) is 12.5 Å². The molecular weight excluding hydrogens is 342 g/mol. The Balaban J connectivity index is 1.88. The van der Waals surface area contributed by atoms with E-state index < -0.39 is 0 Å². The number of methoxy groups -OCH3 is 1. The first-order valence-corrected chi connectivity index (χ1v) is 8.37. The molecule has 4 rings (SSSR count). The van der Waals surface area contributed by atoms with Crippen molar-refractivity contribution in [1.82, 2.24) is 19.9 Å². The van der Waals surface area contributed by atoms with Gasteiger partial charge in [-0.25, -0.2) is 9.66 Å². The Hall–Kier alpha value is -3.74. The van der Waals surface area contributed by atoms with Crippen molar-refractivity contribution < 1.29 is 9.53 Å². The molecule has 2 aromatic heterocycles. The Kier molecular flexibility index (Phi) is 4.25. The number of nitrogens with zero attached hydrogens (tertiary/aromatic N) is 4. The van der Waals surface area contributed by atoms with Crippen molar-refractivity contribution in [3.63, 3.8) is 0 Å². The van der Waals surface area contributed by atoms with E-state index >= 15 is 0 Å². The summed E-state index contributed by atoms with van der Waals surface area (Å²) in [6.07, 6.45) is 2.86. The number of hydrogen-bond donors (Lipinski definition) is 1. The zero-order valence-corrected chi connectivity index (χ0v) is 14.9. The van der Waals surface area contributed by atoms with Crippen molar-refractivity contribution in [2.24, 2.45) is 0 Å². The second-order valence-corrected chi connectivity index (χ2v) is 6.02. The van der Waals surface area contributed by atoms with E-state index in [-0.39, 0.29) is 5.91 Å². The van der Waals surface area contributed by atoms with Crippen LogP contribution in [0.1, 0.15) is 15.9 Å². The second kappa shape index (κ2) is 6.87. The molecule has 0 aliphatic carbocycles. The average molecular weight is 359 g/mol. The van der Waals surface area contributed by atoms with E-state index in [2.05, 4.69) is 15.6 Å². The number of pyridine rings is 1. The number of carbonyl (C=O) groups is 1. The van der Waals surface area contributed by atoms with Gasteiger partial charge in [-0.05, 0) is 42.8 Å². The van der Waals surface area contributed by atoms with Gasteiger partial charge in [0.2, 0.25) is 0 Å². The number of ether oxygens (including phenoxy) is 1. The average Bonchev–Trinajstić information content (AvgIpc) is 3.20. The standard InChI is InChI=1S/C20H17N5O2/c1-13-18(20(26)24-25-11-21-22-12-25)16-5-3-4-6-17(16)23-19(13)14-7-9-15(27-2)10-8-14/h3-12H,1-2H3,(H,24,26). The molecule has 0 unspecified atom stereocenters.